The van der Waals surface area contributed by atoms with Crippen molar-refractivity contribution < 1.29 is 39.2 Å². The van der Waals surface area contributed by atoms with E-state index in [0.29, 0.717) is 6.42 Å². The molecule has 12 heteroatoms. The first-order chi connectivity index (χ1) is 14.6. The van der Waals surface area contributed by atoms with E-state index >= 15 is 0 Å². The second-order valence-corrected chi connectivity index (χ2v) is 8.72. The lowest BCUT2D eigenvalue weighted by Gasteiger charge is -2.22. The highest BCUT2D eigenvalue weighted by Crippen LogP contribution is 2.33. The fraction of sp³-hybridized carbons (Fsp3) is 0.789. The molecule has 2 amide bonds. The predicted octanol–water partition coefficient (Wildman–Crippen LogP) is -0.346. The number of rotatable bonds is 15. The summed E-state index contributed by atoms with van der Waals surface area (Å²) in [5.41, 5.74) is 5.39. The molecule has 178 valence electrons. The number of nitrogens with two attached hydrogens (primary N) is 1. The van der Waals surface area contributed by atoms with Crippen molar-refractivity contribution in [3.05, 3.63) is 0 Å². The normalized spacial score (nSPS) is 22.5. The quantitative estimate of drug-likeness (QED) is 0.175. The molecule has 7 N–H and O–H groups in total. The number of carboxylic acids is 2. The van der Waals surface area contributed by atoms with Crippen LogP contribution in [0, 0.1) is 0 Å². The second kappa shape index (κ2) is 14.2. The zero-order valence-electron chi connectivity index (χ0n) is 17.6. The Morgan fingerprint density at radius 1 is 1.23 bits per heavy atom. The van der Waals surface area contributed by atoms with Gasteiger partial charge in [0.15, 0.2) is 6.29 Å². The first kappa shape index (κ1) is 27.1. The molecular formula is C19H33N3O8S. The van der Waals surface area contributed by atoms with Gasteiger partial charge < -0.3 is 36.4 Å². The van der Waals surface area contributed by atoms with E-state index in [4.69, 9.17) is 20.7 Å². The average Bonchev–Trinajstić information content (AvgIpc) is 3.06. The summed E-state index contributed by atoms with van der Waals surface area (Å²) < 4.78 is 5.56. The smallest absolute Gasteiger partial charge is 0.322 e. The van der Waals surface area contributed by atoms with Gasteiger partial charge in [0.25, 0.3) is 0 Å². The summed E-state index contributed by atoms with van der Waals surface area (Å²) in [5, 5.41) is 32.1. The van der Waals surface area contributed by atoms with Crippen LogP contribution >= 0.6 is 11.8 Å². The number of carbonyl (C=O) groups excluding carboxylic acids is 2. The summed E-state index contributed by atoms with van der Waals surface area (Å²) >= 11 is 1.37. The van der Waals surface area contributed by atoms with Crippen molar-refractivity contribution in [3.63, 3.8) is 0 Å². The standard InChI is InChI=1S/C19H33N3O8S/c1-2-3-4-5-13-14(8-17(26)30-13)31-10-12(18(27)21-9-16(24)25)22-15(23)7-6-11(20)19(28)29/h11-14,17,26H,2-10,20H2,1H3,(H,21,27)(H,22,23)(H,24,25)(H,28,29)/t11-,12-,13+,14-,17+/m0/s1. The molecule has 1 heterocycles. The van der Waals surface area contributed by atoms with E-state index in [1.807, 2.05) is 0 Å². The Hall–Kier alpha value is -1.89. The van der Waals surface area contributed by atoms with E-state index in [9.17, 15) is 24.3 Å². The maximum atomic E-state index is 12.4. The minimum atomic E-state index is -1.23. The minimum Gasteiger partial charge on any atom is -0.480 e. The first-order valence-corrected chi connectivity index (χ1v) is 11.4. The molecule has 0 aliphatic carbocycles. The molecule has 0 aromatic heterocycles. The number of carbonyl (C=O) groups is 4. The Labute approximate surface area is 185 Å². The first-order valence-electron chi connectivity index (χ1n) is 10.4. The van der Waals surface area contributed by atoms with Crippen molar-refractivity contribution in [2.24, 2.45) is 5.73 Å². The lowest BCUT2D eigenvalue weighted by Crippen LogP contribution is -2.50. The maximum absolute atomic E-state index is 12.4. The number of amides is 2. The number of thioether (sulfide) groups is 1. The number of hydrogen-bond donors (Lipinski definition) is 6. The van der Waals surface area contributed by atoms with Crippen molar-refractivity contribution >= 4 is 35.5 Å². The fourth-order valence-corrected chi connectivity index (χ4v) is 4.48. The molecular weight excluding hydrogens is 430 g/mol. The Kier molecular flexibility index (Phi) is 12.5. The van der Waals surface area contributed by atoms with Gasteiger partial charge in [-0.3, -0.25) is 19.2 Å². The molecule has 0 aromatic carbocycles. The number of aliphatic carboxylic acids is 2. The van der Waals surface area contributed by atoms with Gasteiger partial charge in [-0.2, -0.15) is 11.8 Å². The Balaban J connectivity index is 2.67. The molecule has 11 nitrogen and oxygen atoms in total. The SMILES string of the molecule is CCCCC[C@H]1O[C@@H](O)C[C@@H]1SC[C@H](NC(=O)CC[C@H](N)C(=O)O)C(=O)NCC(=O)O. The molecule has 1 aliphatic heterocycles. The van der Waals surface area contributed by atoms with Gasteiger partial charge in [0, 0.05) is 23.8 Å². The van der Waals surface area contributed by atoms with Crippen LogP contribution in [0.15, 0.2) is 0 Å². The molecule has 1 aliphatic rings. The number of carboxylic acid groups (broad SMARTS) is 2. The molecule has 1 fully saturated rings. The van der Waals surface area contributed by atoms with E-state index in [1.54, 1.807) is 0 Å². The number of hydrogen-bond acceptors (Lipinski definition) is 8. The van der Waals surface area contributed by atoms with E-state index in [1.165, 1.54) is 11.8 Å². The topological polar surface area (TPSA) is 188 Å². The summed E-state index contributed by atoms with van der Waals surface area (Å²) in [6.45, 7) is 1.49. The van der Waals surface area contributed by atoms with E-state index < -0.39 is 48.7 Å². The highest BCUT2D eigenvalue weighted by Gasteiger charge is 2.35. The maximum Gasteiger partial charge on any atom is 0.322 e. The van der Waals surface area contributed by atoms with Gasteiger partial charge >= 0.3 is 11.9 Å². The molecule has 1 saturated heterocycles. The molecule has 31 heavy (non-hydrogen) atoms. The summed E-state index contributed by atoms with van der Waals surface area (Å²) in [5.74, 6) is -3.52. The zero-order chi connectivity index (χ0) is 23.4. The van der Waals surface area contributed by atoms with Gasteiger partial charge in [-0.25, -0.2) is 0 Å². The third-order valence-corrected chi connectivity index (χ3v) is 6.26. The van der Waals surface area contributed by atoms with Crippen LogP contribution in [0.5, 0.6) is 0 Å². The van der Waals surface area contributed by atoms with Crippen molar-refractivity contribution in [1.29, 1.82) is 0 Å². The number of nitrogens with one attached hydrogen (secondary N) is 2. The third-order valence-electron chi connectivity index (χ3n) is 4.81. The number of unbranched alkanes of at least 4 members (excludes halogenated alkanes) is 2. The summed E-state index contributed by atoms with van der Waals surface area (Å²) in [6.07, 6.45) is 2.89. The molecule has 0 aromatic rings. The Morgan fingerprint density at radius 3 is 2.55 bits per heavy atom. The number of ether oxygens (including phenoxy) is 1. The highest BCUT2D eigenvalue weighted by molar-refractivity contribution is 8.00. The van der Waals surface area contributed by atoms with E-state index in [-0.39, 0.29) is 29.9 Å². The second-order valence-electron chi connectivity index (χ2n) is 7.45. The van der Waals surface area contributed by atoms with Crippen LogP contribution in [0.2, 0.25) is 0 Å². The molecule has 5 atom stereocenters. The predicted molar refractivity (Wildman–Crippen MR) is 113 cm³/mol. The van der Waals surface area contributed by atoms with Crippen LogP contribution in [-0.2, 0) is 23.9 Å². The number of aliphatic hydroxyl groups is 1. The van der Waals surface area contributed by atoms with Crippen LogP contribution in [0.4, 0.5) is 0 Å². The van der Waals surface area contributed by atoms with Gasteiger partial charge in [0.1, 0.15) is 18.6 Å². The monoisotopic (exact) mass is 463 g/mol. The lowest BCUT2D eigenvalue weighted by molar-refractivity contribution is -0.139. The minimum absolute atomic E-state index is 0.0704. The van der Waals surface area contributed by atoms with Crippen LogP contribution in [0.25, 0.3) is 0 Å². The largest absolute Gasteiger partial charge is 0.480 e. The van der Waals surface area contributed by atoms with Crippen molar-refractivity contribution in [3.8, 4) is 0 Å². The molecule has 0 radical (unpaired) electrons. The average molecular weight is 464 g/mol. The Morgan fingerprint density at radius 2 is 1.94 bits per heavy atom. The Bertz CT molecular complexity index is 621. The van der Waals surface area contributed by atoms with Crippen LogP contribution in [0.1, 0.15) is 51.9 Å². The summed E-state index contributed by atoms with van der Waals surface area (Å²) in [4.78, 5) is 46.1. The lowest BCUT2D eigenvalue weighted by atomic mass is 10.1. The molecule has 0 bridgehead atoms. The van der Waals surface area contributed by atoms with Crippen molar-refractivity contribution in [1.82, 2.24) is 10.6 Å². The highest BCUT2D eigenvalue weighted by atomic mass is 32.2. The fourth-order valence-electron chi connectivity index (χ4n) is 3.09. The van der Waals surface area contributed by atoms with Gasteiger partial charge in [-0.05, 0) is 12.8 Å². The van der Waals surface area contributed by atoms with Gasteiger partial charge in [-0.15, -0.1) is 0 Å². The van der Waals surface area contributed by atoms with Crippen molar-refractivity contribution in [2.75, 3.05) is 12.3 Å². The molecule has 1 rings (SSSR count). The molecule has 0 spiro atoms. The van der Waals surface area contributed by atoms with E-state index in [0.717, 1.165) is 25.7 Å². The third kappa shape index (κ3) is 10.8. The molecule has 0 saturated carbocycles. The van der Waals surface area contributed by atoms with Gasteiger partial charge in [-0.1, -0.05) is 26.2 Å². The van der Waals surface area contributed by atoms with Gasteiger partial charge in [0.2, 0.25) is 11.8 Å². The van der Waals surface area contributed by atoms with Gasteiger partial charge in [0.05, 0.1) is 6.10 Å². The van der Waals surface area contributed by atoms with Crippen LogP contribution in [0.3, 0.4) is 0 Å². The van der Waals surface area contributed by atoms with Crippen LogP contribution in [-0.4, -0.2) is 81.1 Å². The van der Waals surface area contributed by atoms with E-state index in [2.05, 4.69) is 17.6 Å². The number of aliphatic hydroxyl groups excluding tert-OH is 1. The zero-order valence-corrected chi connectivity index (χ0v) is 18.4. The van der Waals surface area contributed by atoms with Crippen LogP contribution < -0.4 is 16.4 Å². The molecule has 0 unspecified atom stereocenters. The summed E-state index contributed by atoms with van der Waals surface area (Å²) in [7, 11) is 0. The summed E-state index contributed by atoms with van der Waals surface area (Å²) in [6, 6.07) is -2.22. The van der Waals surface area contributed by atoms with Crippen molar-refractivity contribution in [2.45, 2.75) is 81.6 Å².